The first kappa shape index (κ1) is 17.3. The molecule has 0 radical (unpaired) electrons. The first-order valence-corrected chi connectivity index (χ1v) is 4.45. The molecule has 0 bridgehead atoms. The van der Waals surface area contributed by atoms with Crippen LogP contribution < -0.4 is 0 Å². The summed E-state index contributed by atoms with van der Waals surface area (Å²) in [6.45, 7) is -0.335. The predicted octanol–water partition coefficient (Wildman–Crippen LogP) is 4.45. The van der Waals surface area contributed by atoms with Gasteiger partial charge in [-0.15, -0.1) is 0 Å². The highest BCUT2D eigenvalue weighted by Gasteiger charge is 2.60. The monoisotopic (exact) mass is 294 g/mol. The number of rotatable bonds is 4. The predicted molar refractivity (Wildman–Crippen MR) is 40.6 cm³/mol. The summed E-state index contributed by atoms with van der Waals surface area (Å²) in [6, 6.07) is 0. The fourth-order valence-electron chi connectivity index (χ4n) is 1.29. The largest absolute Gasteiger partial charge is 0.400 e. The van der Waals surface area contributed by atoms with E-state index in [0.29, 0.717) is 0 Å². The maximum absolute atomic E-state index is 12.9. The molecule has 3 atom stereocenters. The van der Waals surface area contributed by atoms with E-state index in [-0.39, 0.29) is 6.92 Å². The molecule has 0 nitrogen and oxygen atoms in total. The Hall–Kier alpha value is -0.700. The quantitative estimate of drug-likeness (QED) is 0.672. The van der Waals surface area contributed by atoms with Gasteiger partial charge in [0.1, 0.15) is 12.3 Å². The van der Waals surface area contributed by atoms with Crippen molar-refractivity contribution in [3.63, 3.8) is 0 Å². The molecular weight excluding hydrogens is 286 g/mol. The standard InChI is InChI=1S/C8H8F10/c1-6(11,12)5(8(16,17)18)4(10)3(9)2-7(13,14)15/h3-5H,2H2,1H3. The molecule has 0 saturated heterocycles. The molecule has 0 aromatic carbocycles. The molecule has 18 heavy (non-hydrogen) atoms. The Morgan fingerprint density at radius 2 is 1.22 bits per heavy atom. The highest BCUT2D eigenvalue weighted by molar-refractivity contribution is 4.90. The van der Waals surface area contributed by atoms with Gasteiger partial charge in [-0.2, -0.15) is 26.3 Å². The topological polar surface area (TPSA) is 0 Å². The summed E-state index contributed by atoms with van der Waals surface area (Å²) in [4.78, 5) is 0. The molecule has 0 rings (SSSR count). The SMILES string of the molecule is CC(F)(F)C(C(F)C(F)CC(F)(F)F)C(F)(F)F. The number of hydrogen-bond acceptors (Lipinski definition) is 0. The third-order valence-corrected chi connectivity index (χ3v) is 1.99. The van der Waals surface area contributed by atoms with Crippen LogP contribution in [0.15, 0.2) is 0 Å². The Morgan fingerprint density at radius 3 is 1.44 bits per heavy atom. The Kier molecular flexibility index (Phi) is 4.92. The van der Waals surface area contributed by atoms with Crippen molar-refractivity contribution >= 4 is 0 Å². The van der Waals surface area contributed by atoms with Crippen LogP contribution in [0.2, 0.25) is 0 Å². The van der Waals surface area contributed by atoms with Crippen LogP contribution in [0, 0.1) is 5.92 Å². The van der Waals surface area contributed by atoms with Crippen molar-refractivity contribution in [2.75, 3.05) is 0 Å². The molecule has 0 aliphatic rings. The Bertz CT molecular complexity index is 245. The summed E-state index contributed by atoms with van der Waals surface area (Å²) in [5, 5.41) is 0. The fourth-order valence-corrected chi connectivity index (χ4v) is 1.29. The maximum Gasteiger partial charge on any atom is 0.400 e. The summed E-state index contributed by atoms with van der Waals surface area (Å²) < 4.78 is 122. The zero-order valence-electron chi connectivity index (χ0n) is 8.72. The van der Waals surface area contributed by atoms with Gasteiger partial charge in [0.25, 0.3) is 5.92 Å². The van der Waals surface area contributed by atoms with Crippen molar-refractivity contribution in [2.45, 2.75) is 44.0 Å². The van der Waals surface area contributed by atoms with Crippen molar-refractivity contribution in [1.29, 1.82) is 0 Å². The van der Waals surface area contributed by atoms with E-state index in [1.54, 1.807) is 0 Å². The molecule has 0 heterocycles. The van der Waals surface area contributed by atoms with Crippen LogP contribution in [0.4, 0.5) is 43.9 Å². The summed E-state index contributed by atoms with van der Waals surface area (Å²) in [7, 11) is 0. The molecule has 0 aromatic heterocycles. The van der Waals surface area contributed by atoms with E-state index in [4.69, 9.17) is 0 Å². The van der Waals surface area contributed by atoms with Gasteiger partial charge in [0.15, 0.2) is 5.92 Å². The van der Waals surface area contributed by atoms with E-state index in [1.807, 2.05) is 0 Å². The lowest BCUT2D eigenvalue weighted by molar-refractivity contribution is -0.262. The Labute approximate surface area is 94.9 Å². The minimum atomic E-state index is -5.85. The summed E-state index contributed by atoms with van der Waals surface area (Å²) in [5.41, 5.74) is 0. The van der Waals surface area contributed by atoms with Crippen LogP contribution in [0.5, 0.6) is 0 Å². The van der Waals surface area contributed by atoms with Gasteiger partial charge in [-0.25, -0.2) is 17.6 Å². The van der Waals surface area contributed by atoms with E-state index in [1.165, 1.54) is 0 Å². The van der Waals surface area contributed by atoms with Gasteiger partial charge >= 0.3 is 12.4 Å². The third-order valence-electron chi connectivity index (χ3n) is 1.99. The van der Waals surface area contributed by atoms with E-state index >= 15 is 0 Å². The van der Waals surface area contributed by atoms with Crippen molar-refractivity contribution in [3.8, 4) is 0 Å². The van der Waals surface area contributed by atoms with Crippen LogP contribution in [-0.2, 0) is 0 Å². The molecular formula is C8H8F10. The van der Waals surface area contributed by atoms with Gasteiger partial charge < -0.3 is 0 Å². The van der Waals surface area contributed by atoms with E-state index in [2.05, 4.69) is 0 Å². The molecule has 0 aliphatic carbocycles. The minimum Gasteiger partial charge on any atom is -0.244 e. The van der Waals surface area contributed by atoms with E-state index in [9.17, 15) is 43.9 Å². The zero-order chi connectivity index (χ0) is 14.9. The van der Waals surface area contributed by atoms with Gasteiger partial charge in [-0.3, -0.25) is 0 Å². The summed E-state index contributed by atoms with van der Waals surface area (Å²) in [6.07, 6.45) is -21.4. The molecule has 110 valence electrons. The van der Waals surface area contributed by atoms with Crippen LogP contribution in [0.25, 0.3) is 0 Å². The van der Waals surface area contributed by atoms with Gasteiger partial charge in [0.2, 0.25) is 0 Å². The second-order valence-corrected chi connectivity index (χ2v) is 3.76. The molecule has 0 aromatic rings. The molecule has 0 fully saturated rings. The second-order valence-electron chi connectivity index (χ2n) is 3.76. The van der Waals surface area contributed by atoms with Crippen molar-refractivity contribution < 1.29 is 43.9 Å². The molecule has 0 N–H and O–H groups in total. The zero-order valence-corrected chi connectivity index (χ0v) is 8.72. The fraction of sp³-hybridized carbons (Fsp3) is 1.00. The first-order chi connectivity index (χ1) is 7.66. The van der Waals surface area contributed by atoms with Crippen LogP contribution >= 0.6 is 0 Å². The number of hydrogen-bond donors (Lipinski definition) is 0. The van der Waals surface area contributed by atoms with E-state index in [0.717, 1.165) is 0 Å². The van der Waals surface area contributed by atoms with E-state index < -0.39 is 43.0 Å². The van der Waals surface area contributed by atoms with Gasteiger partial charge in [0.05, 0.1) is 6.42 Å². The lowest BCUT2D eigenvalue weighted by atomic mass is 9.92. The molecule has 3 unspecified atom stereocenters. The average molecular weight is 294 g/mol. The second kappa shape index (κ2) is 5.12. The highest BCUT2D eigenvalue weighted by Crippen LogP contribution is 2.43. The summed E-state index contributed by atoms with van der Waals surface area (Å²) in [5.74, 6) is -8.85. The number of alkyl halides is 10. The lowest BCUT2D eigenvalue weighted by Gasteiger charge is -2.30. The molecule has 0 spiro atoms. The van der Waals surface area contributed by atoms with Gasteiger partial charge in [-0.05, 0) is 0 Å². The summed E-state index contributed by atoms with van der Waals surface area (Å²) >= 11 is 0. The molecule has 10 heteroatoms. The molecule has 0 saturated carbocycles. The smallest absolute Gasteiger partial charge is 0.244 e. The van der Waals surface area contributed by atoms with Gasteiger partial charge in [-0.1, -0.05) is 0 Å². The highest BCUT2D eigenvalue weighted by atomic mass is 19.4. The van der Waals surface area contributed by atoms with Crippen molar-refractivity contribution in [2.24, 2.45) is 5.92 Å². The Balaban J connectivity index is 5.05. The minimum absolute atomic E-state index is 0.335. The number of halogens is 10. The maximum atomic E-state index is 12.9. The Morgan fingerprint density at radius 1 is 0.833 bits per heavy atom. The molecule has 0 amide bonds. The average Bonchev–Trinajstić information content (AvgIpc) is 1.93. The van der Waals surface area contributed by atoms with Crippen LogP contribution in [-0.4, -0.2) is 30.6 Å². The lowest BCUT2D eigenvalue weighted by Crippen LogP contribution is -2.48. The van der Waals surface area contributed by atoms with Crippen LogP contribution in [0.1, 0.15) is 13.3 Å². The first-order valence-electron chi connectivity index (χ1n) is 4.45. The molecule has 0 aliphatic heterocycles. The van der Waals surface area contributed by atoms with Gasteiger partial charge in [0, 0.05) is 6.92 Å². The third kappa shape index (κ3) is 5.30. The van der Waals surface area contributed by atoms with Crippen molar-refractivity contribution in [3.05, 3.63) is 0 Å². The van der Waals surface area contributed by atoms with Crippen molar-refractivity contribution in [1.82, 2.24) is 0 Å². The van der Waals surface area contributed by atoms with Crippen LogP contribution in [0.3, 0.4) is 0 Å². The normalized spacial score (nSPS) is 19.5.